The van der Waals surface area contributed by atoms with Crippen molar-refractivity contribution in [1.82, 2.24) is 9.29 Å². The highest BCUT2D eigenvalue weighted by molar-refractivity contribution is 7.90. The lowest BCUT2D eigenvalue weighted by Crippen LogP contribution is -2.43. The maximum Gasteiger partial charge on any atom is 0.326 e. The molecule has 0 saturated heterocycles. The largest absolute Gasteiger partial charge is 0.508 e. The lowest BCUT2D eigenvalue weighted by molar-refractivity contribution is -0.139. The van der Waals surface area contributed by atoms with Crippen LogP contribution >= 0.6 is 23.2 Å². The molecule has 3 N–H and O–H groups in total. The van der Waals surface area contributed by atoms with Gasteiger partial charge in [-0.25, -0.2) is 17.2 Å². The number of carboxylic acids is 1. The van der Waals surface area contributed by atoms with Crippen LogP contribution in [0.5, 0.6) is 5.75 Å². The van der Waals surface area contributed by atoms with Crippen molar-refractivity contribution in [3.63, 3.8) is 0 Å². The Morgan fingerprint density at radius 2 is 1.65 bits per heavy atom. The number of aromatic nitrogens is 1. The third-order valence-electron chi connectivity index (χ3n) is 4.32. The van der Waals surface area contributed by atoms with Crippen molar-refractivity contribution >= 4 is 45.1 Å². The third-order valence-corrected chi connectivity index (χ3v) is 6.42. The van der Waals surface area contributed by atoms with Gasteiger partial charge in [0.15, 0.2) is 0 Å². The second-order valence-corrected chi connectivity index (χ2v) is 9.22. The van der Waals surface area contributed by atoms with Crippen LogP contribution in [-0.4, -0.2) is 40.5 Å². The number of carbonyl (C=O) groups is 2. The van der Waals surface area contributed by atoms with Gasteiger partial charge in [0.05, 0.1) is 4.90 Å². The van der Waals surface area contributed by atoms with E-state index in [4.69, 9.17) is 23.2 Å². The summed E-state index contributed by atoms with van der Waals surface area (Å²) in [6, 6.07) is 10.8. The number of carbonyl (C=O) groups excluding carboxylic acids is 1. The van der Waals surface area contributed by atoms with Crippen molar-refractivity contribution in [1.29, 1.82) is 0 Å². The Kier molecular flexibility index (Phi) is 6.59. The number of nitrogens with zero attached hydrogens (tertiary/aromatic N) is 1. The van der Waals surface area contributed by atoms with Gasteiger partial charge in [-0.1, -0.05) is 35.3 Å². The number of phenols is 1. The number of carboxylic acid groups (broad SMARTS) is 1. The molecule has 0 saturated carbocycles. The standard InChI is InChI=1S/C20H16Cl2N2O6S/c21-13-9-14(22)11-16(10-13)31(29,30)24-7-1-2-18(24)19(26)23-17(20(27)28)8-12-3-5-15(25)6-4-12/h1-7,9-11,17,25H,8H2,(H,23,26)(H,27,28)/t17-/m0/s1. The average molecular weight is 483 g/mol. The minimum atomic E-state index is -4.22. The van der Waals surface area contributed by atoms with E-state index in [1.54, 1.807) is 0 Å². The quantitative estimate of drug-likeness (QED) is 0.474. The fourth-order valence-electron chi connectivity index (χ4n) is 2.84. The van der Waals surface area contributed by atoms with Gasteiger partial charge in [0.25, 0.3) is 15.9 Å². The van der Waals surface area contributed by atoms with Crippen molar-refractivity contribution in [2.24, 2.45) is 0 Å². The highest BCUT2D eigenvalue weighted by Crippen LogP contribution is 2.25. The fraction of sp³-hybridized carbons (Fsp3) is 0.100. The lowest BCUT2D eigenvalue weighted by Gasteiger charge is -2.16. The summed E-state index contributed by atoms with van der Waals surface area (Å²) in [6.07, 6.45) is 1.09. The Morgan fingerprint density at radius 3 is 2.23 bits per heavy atom. The smallest absolute Gasteiger partial charge is 0.326 e. The number of hydrogen-bond donors (Lipinski definition) is 3. The summed E-state index contributed by atoms with van der Waals surface area (Å²) in [5, 5.41) is 21.4. The van der Waals surface area contributed by atoms with Crippen LogP contribution in [0.3, 0.4) is 0 Å². The summed E-state index contributed by atoms with van der Waals surface area (Å²) >= 11 is 11.8. The number of hydrogen-bond acceptors (Lipinski definition) is 5. The molecular weight excluding hydrogens is 467 g/mol. The van der Waals surface area contributed by atoms with E-state index in [1.807, 2.05) is 0 Å². The third kappa shape index (κ3) is 5.19. The van der Waals surface area contributed by atoms with Gasteiger partial charge < -0.3 is 15.5 Å². The van der Waals surface area contributed by atoms with E-state index >= 15 is 0 Å². The molecule has 1 atom stereocenters. The van der Waals surface area contributed by atoms with Crippen LogP contribution in [0.1, 0.15) is 16.1 Å². The van der Waals surface area contributed by atoms with Crippen molar-refractivity contribution in [2.45, 2.75) is 17.4 Å². The highest BCUT2D eigenvalue weighted by Gasteiger charge is 2.27. The van der Waals surface area contributed by atoms with Gasteiger partial charge in [0, 0.05) is 22.7 Å². The molecule has 1 aromatic heterocycles. The van der Waals surface area contributed by atoms with Crippen LogP contribution < -0.4 is 5.32 Å². The summed E-state index contributed by atoms with van der Waals surface area (Å²) in [4.78, 5) is 24.2. The highest BCUT2D eigenvalue weighted by atomic mass is 35.5. The number of aliphatic carboxylic acids is 1. The summed E-state index contributed by atoms with van der Waals surface area (Å²) < 4.78 is 26.7. The van der Waals surface area contributed by atoms with Gasteiger partial charge in [-0.3, -0.25) is 4.79 Å². The molecule has 0 aliphatic carbocycles. The molecule has 3 aromatic rings. The zero-order chi connectivity index (χ0) is 22.8. The molecule has 162 valence electrons. The number of aromatic hydroxyl groups is 1. The van der Waals surface area contributed by atoms with E-state index in [2.05, 4.69) is 5.32 Å². The first-order chi connectivity index (χ1) is 14.6. The predicted molar refractivity (Wildman–Crippen MR) is 114 cm³/mol. The van der Waals surface area contributed by atoms with Crippen LogP contribution in [-0.2, 0) is 21.2 Å². The van der Waals surface area contributed by atoms with Crippen LogP contribution in [0.4, 0.5) is 0 Å². The van der Waals surface area contributed by atoms with Crippen molar-refractivity contribution < 1.29 is 28.2 Å². The molecule has 0 radical (unpaired) electrons. The summed E-state index contributed by atoms with van der Waals surface area (Å²) in [6.45, 7) is 0. The normalized spacial score (nSPS) is 12.3. The molecule has 0 spiro atoms. The first-order valence-corrected chi connectivity index (χ1v) is 11.0. The molecule has 2 aromatic carbocycles. The monoisotopic (exact) mass is 482 g/mol. The number of rotatable bonds is 7. The van der Waals surface area contributed by atoms with Crippen molar-refractivity contribution in [3.05, 3.63) is 82.1 Å². The van der Waals surface area contributed by atoms with E-state index in [0.717, 1.165) is 10.2 Å². The minimum Gasteiger partial charge on any atom is -0.508 e. The summed E-state index contributed by atoms with van der Waals surface area (Å²) in [5.41, 5.74) is 0.273. The lowest BCUT2D eigenvalue weighted by atomic mass is 10.1. The van der Waals surface area contributed by atoms with Gasteiger partial charge in [-0.15, -0.1) is 0 Å². The second kappa shape index (κ2) is 9.01. The van der Waals surface area contributed by atoms with E-state index in [9.17, 15) is 28.2 Å². The van der Waals surface area contributed by atoms with Gasteiger partial charge in [0.2, 0.25) is 0 Å². The first kappa shape index (κ1) is 22.7. The number of phenolic OH excluding ortho intramolecular Hbond substituents is 1. The van der Waals surface area contributed by atoms with Crippen molar-refractivity contribution in [3.8, 4) is 5.75 Å². The van der Waals surface area contributed by atoms with Crippen LogP contribution in [0.25, 0.3) is 0 Å². The molecule has 3 rings (SSSR count). The Labute approximate surface area is 187 Å². The number of halogens is 2. The van der Waals surface area contributed by atoms with Gasteiger partial charge in [-0.05, 0) is 48.0 Å². The van der Waals surface area contributed by atoms with E-state index < -0.39 is 27.9 Å². The molecule has 11 heteroatoms. The predicted octanol–water partition coefficient (Wildman–Crippen LogP) is 3.16. The van der Waals surface area contributed by atoms with Gasteiger partial charge in [0.1, 0.15) is 17.5 Å². The molecular formula is C20H16Cl2N2O6S. The Morgan fingerprint density at radius 1 is 1.03 bits per heavy atom. The molecule has 0 fully saturated rings. The minimum absolute atomic E-state index is 0.0174. The number of amides is 1. The maximum absolute atomic E-state index is 13.0. The zero-order valence-electron chi connectivity index (χ0n) is 15.7. The van der Waals surface area contributed by atoms with Gasteiger partial charge >= 0.3 is 5.97 Å². The van der Waals surface area contributed by atoms with Crippen molar-refractivity contribution in [2.75, 3.05) is 0 Å². The molecule has 0 aliphatic rings. The Bertz CT molecular complexity index is 1220. The molecule has 1 amide bonds. The number of benzene rings is 2. The fourth-order valence-corrected chi connectivity index (χ4v) is 4.91. The zero-order valence-corrected chi connectivity index (χ0v) is 18.0. The van der Waals surface area contributed by atoms with Crippen LogP contribution in [0.2, 0.25) is 10.0 Å². The summed E-state index contributed by atoms with van der Waals surface area (Å²) in [7, 11) is -4.22. The molecule has 0 bridgehead atoms. The van der Waals surface area contributed by atoms with Crippen LogP contribution in [0.15, 0.2) is 65.7 Å². The molecule has 0 aliphatic heterocycles. The molecule has 31 heavy (non-hydrogen) atoms. The van der Waals surface area contributed by atoms with E-state index in [1.165, 1.54) is 54.6 Å². The summed E-state index contributed by atoms with van der Waals surface area (Å²) in [5.74, 6) is -2.18. The SMILES string of the molecule is O=C(N[C@@H](Cc1ccc(O)cc1)C(=O)O)c1cccn1S(=O)(=O)c1cc(Cl)cc(Cl)c1. The Balaban J connectivity index is 1.88. The Hall–Kier alpha value is -3.01. The average Bonchev–Trinajstić information content (AvgIpc) is 3.19. The van der Waals surface area contributed by atoms with E-state index in [-0.39, 0.29) is 32.8 Å². The number of nitrogens with one attached hydrogen (secondary N) is 1. The van der Waals surface area contributed by atoms with Crippen LogP contribution in [0, 0.1) is 0 Å². The molecule has 1 heterocycles. The topological polar surface area (TPSA) is 126 Å². The first-order valence-electron chi connectivity index (χ1n) is 8.78. The van der Waals surface area contributed by atoms with E-state index in [0.29, 0.717) is 5.56 Å². The molecule has 0 unspecified atom stereocenters. The molecule has 8 nitrogen and oxygen atoms in total. The van der Waals surface area contributed by atoms with Gasteiger partial charge in [-0.2, -0.15) is 0 Å². The second-order valence-electron chi connectivity index (χ2n) is 6.53. The maximum atomic E-state index is 13.0.